The molecule has 0 aromatic carbocycles. The van der Waals surface area contributed by atoms with Crippen molar-refractivity contribution >= 4 is 5.69 Å². The molecule has 20 heavy (non-hydrogen) atoms. The highest BCUT2D eigenvalue weighted by molar-refractivity contribution is 5.42. The van der Waals surface area contributed by atoms with Gasteiger partial charge in [0.25, 0.3) is 0 Å². The van der Waals surface area contributed by atoms with Gasteiger partial charge in [-0.3, -0.25) is 9.55 Å². The highest BCUT2D eigenvalue weighted by atomic mass is 19.4. The van der Waals surface area contributed by atoms with Crippen molar-refractivity contribution in [1.29, 1.82) is 0 Å². The molecule has 0 radical (unpaired) electrons. The van der Waals surface area contributed by atoms with Gasteiger partial charge in [0, 0.05) is 7.05 Å². The predicted octanol–water partition coefficient (Wildman–Crippen LogP) is 0.935. The molecule has 2 rings (SSSR count). The van der Waals surface area contributed by atoms with Gasteiger partial charge in [0.15, 0.2) is 0 Å². The van der Waals surface area contributed by atoms with E-state index < -0.39 is 17.7 Å². The van der Waals surface area contributed by atoms with Gasteiger partial charge in [0.2, 0.25) is 5.82 Å². The second-order valence-corrected chi connectivity index (χ2v) is 4.30. The number of nitrogens with two attached hydrogens (primary N) is 1. The summed E-state index contributed by atoms with van der Waals surface area (Å²) in [6.07, 6.45) is -4.68. The molecular weight excluding hydrogens is 275 g/mol. The summed E-state index contributed by atoms with van der Waals surface area (Å²) in [7, 11) is 1.02. The predicted molar refractivity (Wildman–Crippen MR) is 65.0 cm³/mol. The third kappa shape index (κ3) is 2.51. The Morgan fingerprint density at radius 2 is 2.00 bits per heavy atom. The largest absolute Gasteiger partial charge is 0.451 e. The highest BCUT2D eigenvalue weighted by Crippen LogP contribution is 2.26. The minimum Gasteiger partial charge on any atom is -0.397 e. The Balaban J connectivity index is 2.40. The summed E-state index contributed by atoms with van der Waals surface area (Å²) in [5.41, 5.74) is 6.17. The van der Waals surface area contributed by atoms with Crippen molar-refractivity contribution in [2.75, 3.05) is 5.73 Å². The first-order valence-corrected chi connectivity index (χ1v) is 5.63. The van der Waals surface area contributed by atoms with Crippen molar-refractivity contribution in [2.24, 2.45) is 7.05 Å². The summed E-state index contributed by atoms with van der Waals surface area (Å²) in [5, 5.41) is 3.30. The number of alkyl halides is 3. The molecule has 108 valence electrons. The Hall–Kier alpha value is -2.32. The molecule has 0 saturated carbocycles. The van der Waals surface area contributed by atoms with Crippen molar-refractivity contribution < 1.29 is 13.2 Å². The van der Waals surface area contributed by atoms with Crippen LogP contribution < -0.4 is 11.4 Å². The summed E-state index contributed by atoms with van der Waals surface area (Å²) in [5.74, 6) is -1.24. The average molecular weight is 287 g/mol. The molecule has 6 nitrogen and oxygen atoms in total. The third-order valence-electron chi connectivity index (χ3n) is 2.79. The summed E-state index contributed by atoms with van der Waals surface area (Å²) in [6.45, 7) is 1.52. The van der Waals surface area contributed by atoms with E-state index >= 15 is 0 Å². The first-order valence-electron chi connectivity index (χ1n) is 5.63. The van der Waals surface area contributed by atoms with E-state index in [1.807, 2.05) is 0 Å². The minimum absolute atomic E-state index is 0.149. The molecule has 0 aliphatic carbocycles. The SMILES string of the molecule is Cc1nc(Cn2nc(C(F)(F)F)n(C)c2=O)ccc1N. The van der Waals surface area contributed by atoms with Crippen molar-refractivity contribution in [3.8, 4) is 0 Å². The zero-order valence-electron chi connectivity index (χ0n) is 10.8. The number of nitrogens with zero attached hydrogens (tertiary/aromatic N) is 4. The van der Waals surface area contributed by atoms with Crippen LogP contribution in [0.5, 0.6) is 0 Å². The van der Waals surface area contributed by atoms with Crippen molar-refractivity contribution in [3.63, 3.8) is 0 Å². The zero-order valence-corrected chi connectivity index (χ0v) is 10.8. The van der Waals surface area contributed by atoms with E-state index in [2.05, 4.69) is 10.1 Å². The zero-order chi connectivity index (χ0) is 15.1. The fraction of sp³-hybridized carbons (Fsp3) is 0.364. The molecule has 0 spiro atoms. The number of anilines is 1. The monoisotopic (exact) mass is 287 g/mol. The topological polar surface area (TPSA) is 78.7 Å². The number of aryl methyl sites for hydroxylation is 1. The van der Waals surface area contributed by atoms with Crippen molar-refractivity contribution in [1.82, 2.24) is 19.3 Å². The smallest absolute Gasteiger partial charge is 0.397 e. The Labute approximate surface area is 111 Å². The van der Waals surface area contributed by atoms with Crippen LogP contribution in [-0.4, -0.2) is 19.3 Å². The second kappa shape index (κ2) is 4.66. The van der Waals surface area contributed by atoms with Gasteiger partial charge in [0.05, 0.1) is 23.6 Å². The van der Waals surface area contributed by atoms with Crippen LogP contribution in [0, 0.1) is 6.92 Å². The average Bonchev–Trinajstić information content (AvgIpc) is 2.62. The summed E-state index contributed by atoms with van der Waals surface area (Å²) < 4.78 is 39.1. The summed E-state index contributed by atoms with van der Waals surface area (Å²) in [6, 6.07) is 3.12. The molecule has 0 saturated heterocycles. The quantitative estimate of drug-likeness (QED) is 0.891. The molecule has 0 aliphatic rings. The molecular formula is C11H12F3N5O. The van der Waals surface area contributed by atoms with Crippen LogP contribution in [0.15, 0.2) is 16.9 Å². The molecule has 2 heterocycles. The lowest BCUT2D eigenvalue weighted by Crippen LogP contribution is -2.25. The van der Waals surface area contributed by atoms with Gasteiger partial charge in [-0.25, -0.2) is 9.48 Å². The molecule has 2 N–H and O–H groups in total. The number of pyridine rings is 1. The highest BCUT2D eigenvalue weighted by Gasteiger charge is 2.38. The second-order valence-electron chi connectivity index (χ2n) is 4.30. The maximum absolute atomic E-state index is 12.6. The molecule has 0 fully saturated rings. The van der Waals surface area contributed by atoms with Crippen molar-refractivity contribution in [3.05, 3.63) is 39.8 Å². The van der Waals surface area contributed by atoms with E-state index in [1.165, 1.54) is 6.07 Å². The van der Waals surface area contributed by atoms with Crippen LogP contribution in [0.25, 0.3) is 0 Å². The molecule has 2 aromatic heterocycles. The Morgan fingerprint density at radius 1 is 1.35 bits per heavy atom. The lowest BCUT2D eigenvalue weighted by molar-refractivity contribution is -0.147. The first-order chi connectivity index (χ1) is 9.20. The molecule has 0 aliphatic heterocycles. The van der Waals surface area contributed by atoms with Crippen LogP contribution in [0.3, 0.4) is 0 Å². The van der Waals surface area contributed by atoms with Crippen LogP contribution in [0.1, 0.15) is 17.2 Å². The van der Waals surface area contributed by atoms with Crippen LogP contribution in [0.2, 0.25) is 0 Å². The lowest BCUT2D eigenvalue weighted by atomic mass is 10.3. The standard InChI is InChI=1S/C11H12F3N5O/c1-6-8(15)4-3-7(16-6)5-19-10(20)18(2)9(17-19)11(12,13)14/h3-4H,5,15H2,1-2H3. The Morgan fingerprint density at radius 3 is 2.50 bits per heavy atom. The van der Waals surface area contributed by atoms with Crippen LogP contribution in [0.4, 0.5) is 18.9 Å². The molecule has 9 heteroatoms. The fourth-order valence-corrected chi connectivity index (χ4v) is 1.70. The number of aromatic nitrogens is 4. The van der Waals surface area contributed by atoms with Gasteiger partial charge >= 0.3 is 11.9 Å². The van der Waals surface area contributed by atoms with Crippen LogP contribution in [-0.2, 0) is 19.8 Å². The summed E-state index contributed by atoms with van der Waals surface area (Å²) >= 11 is 0. The summed E-state index contributed by atoms with van der Waals surface area (Å²) in [4.78, 5) is 15.8. The molecule has 0 bridgehead atoms. The van der Waals surface area contributed by atoms with Gasteiger partial charge in [-0.15, -0.1) is 5.10 Å². The molecule has 0 amide bonds. The normalized spacial score (nSPS) is 11.8. The van der Waals surface area contributed by atoms with Gasteiger partial charge in [-0.05, 0) is 19.1 Å². The molecule has 2 aromatic rings. The van der Waals surface area contributed by atoms with Gasteiger partial charge in [-0.1, -0.05) is 0 Å². The van der Waals surface area contributed by atoms with E-state index in [1.54, 1.807) is 13.0 Å². The number of halogens is 3. The van der Waals surface area contributed by atoms with E-state index in [4.69, 9.17) is 5.73 Å². The third-order valence-corrected chi connectivity index (χ3v) is 2.79. The lowest BCUT2D eigenvalue weighted by Gasteiger charge is -2.04. The first kappa shape index (κ1) is 14.1. The maximum atomic E-state index is 12.6. The van der Waals surface area contributed by atoms with Crippen LogP contribution >= 0.6 is 0 Å². The Kier molecular flexibility index (Phi) is 3.28. The van der Waals surface area contributed by atoms with E-state index in [-0.39, 0.29) is 6.54 Å². The number of hydrogen-bond donors (Lipinski definition) is 1. The van der Waals surface area contributed by atoms with Gasteiger partial charge in [-0.2, -0.15) is 13.2 Å². The van der Waals surface area contributed by atoms with E-state index in [9.17, 15) is 18.0 Å². The minimum atomic E-state index is -4.68. The fourth-order valence-electron chi connectivity index (χ4n) is 1.70. The molecule has 0 atom stereocenters. The Bertz CT molecular complexity index is 701. The van der Waals surface area contributed by atoms with Gasteiger partial charge < -0.3 is 5.73 Å². The molecule has 0 unspecified atom stereocenters. The van der Waals surface area contributed by atoms with E-state index in [0.29, 0.717) is 21.6 Å². The number of rotatable bonds is 2. The van der Waals surface area contributed by atoms with Crippen molar-refractivity contribution in [2.45, 2.75) is 19.6 Å². The number of hydrogen-bond acceptors (Lipinski definition) is 4. The number of nitrogen functional groups attached to an aromatic ring is 1. The van der Waals surface area contributed by atoms with Gasteiger partial charge in [0.1, 0.15) is 0 Å². The maximum Gasteiger partial charge on any atom is 0.451 e. The van der Waals surface area contributed by atoms with E-state index in [0.717, 1.165) is 11.7 Å².